The zero-order valence-electron chi connectivity index (χ0n) is 17.3. The standard InChI is InChI=1S/C17H18N8O5S3/c1-6-7(4-33-17-21-12(27)13(28)22-23-17)3-31-15-10(14(29)25(6)15)20-11(26)9(24-30-2)8-5-32-16(18)19-8/h5,10,15H,3-4H2,1-2H3,(H2,18,19)(H,20,26)(H,22,28)(H,21,23,27)/b24-9+/t10-,15-/m1/s1. The van der Waals surface area contributed by atoms with Crippen molar-refractivity contribution >= 4 is 57.5 Å². The molecule has 2 aliphatic rings. The molecule has 1 saturated heterocycles. The average Bonchev–Trinajstić information content (AvgIpc) is 3.22. The van der Waals surface area contributed by atoms with E-state index in [4.69, 9.17) is 10.6 Å². The molecule has 0 unspecified atom stereocenters. The van der Waals surface area contributed by atoms with Crippen LogP contribution >= 0.6 is 34.9 Å². The summed E-state index contributed by atoms with van der Waals surface area (Å²) in [6.45, 7) is 1.83. The first-order chi connectivity index (χ1) is 15.8. The van der Waals surface area contributed by atoms with Crippen LogP contribution in [0.5, 0.6) is 0 Å². The van der Waals surface area contributed by atoms with Gasteiger partial charge in [-0.25, -0.2) is 10.1 Å². The lowest BCUT2D eigenvalue weighted by Crippen LogP contribution is -2.70. The number of amides is 2. The summed E-state index contributed by atoms with van der Waals surface area (Å²) >= 11 is 3.91. The Balaban J connectivity index is 1.42. The maximum absolute atomic E-state index is 12.8. The third-order valence-electron chi connectivity index (χ3n) is 4.86. The molecular weight excluding hydrogens is 492 g/mol. The maximum Gasteiger partial charge on any atom is 0.329 e. The molecule has 0 aliphatic carbocycles. The van der Waals surface area contributed by atoms with Crippen LogP contribution < -0.4 is 22.2 Å². The van der Waals surface area contributed by atoms with Crippen LogP contribution in [0.2, 0.25) is 0 Å². The number of carbonyl (C=O) groups excluding carboxylic acids is 2. The van der Waals surface area contributed by atoms with Crippen molar-refractivity contribution in [3.63, 3.8) is 0 Å². The van der Waals surface area contributed by atoms with Crippen molar-refractivity contribution < 1.29 is 14.4 Å². The van der Waals surface area contributed by atoms with Gasteiger partial charge in [0.2, 0.25) is 0 Å². The fourth-order valence-electron chi connectivity index (χ4n) is 3.19. The topological polar surface area (TPSA) is 189 Å². The van der Waals surface area contributed by atoms with Crippen molar-refractivity contribution in [2.45, 2.75) is 23.5 Å². The minimum absolute atomic E-state index is 0.0655. The highest BCUT2D eigenvalue weighted by atomic mass is 32.2. The summed E-state index contributed by atoms with van der Waals surface area (Å²) in [5.41, 5.74) is 6.01. The van der Waals surface area contributed by atoms with Gasteiger partial charge < -0.3 is 15.9 Å². The monoisotopic (exact) mass is 510 g/mol. The highest BCUT2D eigenvalue weighted by molar-refractivity contribution is 8.01. The van der Waals surface area contributed by atoms with Crippen molar-refractivity contribution in [3.8, 4) is 0 Å². The lowest BCUT2D eigenvalue weighted by Gasteiger charge is -2.50. The van der Waals surface area contributed by atoms with Gasteiger partial charge in [0, 0.05) is 22.6 Å². The van der Waals surface area contributed by atoms with Gasteiger partial charge in [-0.15, -0.1) is 28.2 Å². The molecule has 33 heavy (non-hydrogen) atoms. The van der Waals surface area contributed by atoms with E-state index in [1.807, 2.05) is 6.92 Å². The summed E-state index contributed by atoms with van der Waals surface area (Å²) in [6.07, 6.45) is 0. The minimum atomic E-state index is -0.818. The maximum atomic E-state index is 12.8. The highest BCUT2D eigenvalue weighted by Gasteiger charge is 2.51. The molecule has 16 heteroatoms. The molecule has 2 aliphatic heterocycles. The Kier molecular flexibility index (Phi) is 6.57. The van der Waals surface area contributed by atoms with E-state index in [0.29, 0.717) is 11.5 Å². The molecule has 0 saturated carbocycles. The number of oxime groups is 1. The minimum Gasteiger partial charge on any atom is -0.398 e. The molecule has 0 aromatic carbocycles. The van der Waals surface area contributed by atoms with Gasteiger partial charge in [-0.1, -0.05) is 16.9 Å². The number of thiazole rings is 1. The predicted octanol–water partition coefficient (Wildman–Crippen LogP) is -0.686. The third-order valence-corrected chi connectivity index (χ3v) is 7.84. The quantitative estimate of drug-likeness (QED) is 0.122. The number of β-lactam (4-membered cyclic amide) rings is 1. The van der Waals surface area contributed by atoms with E-state index in [-0.39, 0.29) is 33.0 Å². The molecule has 0 spiro atoms. The molecule has 4 heterocycles. The molecule has 174 valence electrons. The van der Waals surface area contributed by atoms with Gasteiger partial charge >= 0.3 is 11.1 Å². The molecule has 0 radical (unpaired) electrons. The van der Waals surface area contributed by atoms with Crippen LogP contribution in [0.25, 0.3) is 0 Å². The first kappa shape index (κ1) is 23.1. The van der Waals surface area contributed by atoms with Crippen LogP contribution in [0.15, 0.2) is 36.6 Å². The summed E-state index contributed by atoms with van der Waals surface area (Å²) in [5.74, 6) is 0.258. The van der Waals surface area contributed by atoms with E-state index in [2.05, 4.69) is 30.6 Å². The summed E-state index contributed by atoms with van der Waals surface area (Å²) in [5, 5.41) is 14.3. The van der Waals surface area contributed by atoms with Crippen molar-refractivity contribution in [3.05, 3.63) is 43.1 Å². The molecule has 1 fully saturated rings. The van der Waals surface area contributed by atoms with Gasteiger partial charge in [0.05, 0.1) is 0 Å². The highest BCUT2D eigenvalue weighted by Crippen LogP contribution is 2.41. The summed E-state index contributed by atoms with van der Waals surface area (Å²) < 4.78 is 0. The van der Waals surface area contributed by atoms with E-state index in [1.165, 1.54) is 30.6 Å². The number of nitrogens with zero attached hydrogens (tertiary/aromatic N) is 4. The number of allylic oxidation sites excluding steroid dienone is 1. The van der Waals surface area contributed by atoms with Gasteiger partial charge in [-0.3, -0.25) is 29.1 Å². The Morgan fingerprint density at radius 2 is 2.21 bits per heavy atom. The second kappa shape index (κ2) is 9.40. The number of H-pyrrole nitrogens is 2. The first-order valence-corrected chi connectivity index (χ1v) is 12.3. The van der Waals surface area contributed by atoms with Gasteiger partial charge in [0.1, 0.15) is 24.2 Å². The zero-order chi connectivity index (χ0) is 23.7. The first-order valence-electron chi connectivity index (χ1n) is 9.38. The lowest BCUT2D eigenvalue weighted by molar-refractivity contribution is -0.144. The largest absolute Gasteiger partial charge is 0.398 e. The fraction of sp³-hybridized carbons (Fsp3) is 0.353. The Morgan fingerprint density at radius 3 is 2.88 bits per heavy atom. The molecule has 4 rings (SSSR count). The number of anilines is 1. The van der Waals surface area contributed by atoms with Crippen molar-refractivity contribution in [2.75, 3.05) is 24.3 Å². The van der Waals surface area contributed by atoms with E-state index in [9.17, 15) is 19.2 Å². The Morgan fingerprint density at radius 1 is 1.42 bits per heavy atom. The normalized spacial score (nSPS) is 20.4. The molecule has 2 aromatic rings. The smallest absolute Gasteiger partial charge is 0.329 e. The molecule has 13 nitrogen and oxygen atoms in total. The van der Waals surface area contributed by atoms with Gasteiger partial charge in [0.15, 0.2) is 16.0 Å². The Labute approximate surface area is 198 Å². The SMILES string of the molecule is CO/N=C(/C(=O)N[C@@H]1C(=O)N2C(C)=C(CSc3n[nH]c(=O)c(=O)[nH]3)CS[C@H]12)c1csc(N)n1. The van der Waals surface area contributed by atoms with Crippen molar-refractivity contribution in [1.82, 2.24) is 30.4 Å². The van der Waals surface area contributed by atoms with E-state index in [0.717, 1.165) is 22.6 Å². The number of rotatable bonds is 7. The fourth-order valence-corrected chi connectivity index (χ4v) is 6.24. The number of nitrogen functional groups attached to an aromatic ring is 1. The zero-order valence-corrected chi connectivity index (χ0v) is 19.7. The summed E-state index contributed by atoms with van der Waals surface area (Å²) in [6, 6.07) is -0.720. The summed E-state index contributed by atoms with van der Waals surface area (Å²) in [7, 11) is 1.31. The summed E-state index contributed by atoms with van der Waals surface area (Å²) in [4.78, 5) is 61.0. The number of fused-ring (bicyclic) bond motifs is 1. The number of aromatic amines is 2. The predicted molar refractivity (Wildman–Crippen MR) is 124 cm³/mol. The van der Waals surface area contributed by atoms with Gasteiger partial charge in [-0.2, -0.15) is 0 Å². The van der Waals surface area contributed by atoms with Crippen LogP contribution in [0.4, 0.5) is 5.13 Å². The van der Waals surface area contributed by atoms with E-state index >= 15 is 0 Å². The molecule has 5 N–H and O–H groups in total. The van der Waals surface area contributed by atoms with Crippen molar-refractivity contribution in [1.29, 1.82) is 0 Å². The lowest BCUT2D eigenvalue weighted by atomic mass is 10.0. The third kappa shape index (κ3) is 4.53. The van der Waals surface area contributed by atoms with Gasteiger partial charge in [0.25, 0.3) is 11.8 Å². The van der Waals surface area contributed by atoms with Crippen molar-refractivity contribution in [2.24, 2.45) is 5.16 Å². The van der Waals surface area contributed by atoms with E-state index in [1.54, 1.807) is 10.3 Å². The molecule has 2 atom stereocenters. The number of carbonyl (C=O) groups is 2. The number of hydrogen-bond donors (Lipinski definition) is 4. The number of nitrogens with two attached hydrogens (primary N) is 1. The number of nitrogens with one attached hydrogen (secondary N) is 3. The second-order valence-corrected chi connectivity index (χ2v) is 9.80. The molecule has 0 bridgehead atoms. The number of hydrogen-bond acceptors (Lipinski definition) is 12. The van der Waals surface area contributed by atoms with Crippen LogP contribution in [0.3, 0.4) is 0 Å². The Hall–Kier alpha value is -3.11. The Bertz CT molecular complexity index is 1280. The average molecular weight is 511 g/mol. The number of thioether (sulfide) groups is 2. The molecular formula is C17H18N8O5S3. The van der Waals surface area contributed by atoms with Crippen LogP contribution in [0.1, 0.15) is 12.6 Å². The number of aromatic nitrogens is 4. The molecule has 2 aromatic heterocycles. The van der Waals surface area contributed by atoms with E-state index < -0.39 is 23.1 Å². The van der Waals surface area contributed by atoms with Crippen LogP contribution in [-0.2, 0) is 14.4 Å². The van der Waals surface area contributed by atoms with Crippen LogP contribution in [-0.4, -0.2) is 72.6 Å². The molecule has 2 amide bonds. The second-order valence-electron chi connectivity index (χ2n) is 6.84. The van der Waals surface area contributed by atoms with Gasteiger partial charge in [-0.05, 0) is 12.5 Å². The van der Waals surface area contributed by atoms with Crippen LogP contribution in [0, 0.1) is 0 Å².